The highest BCUT2D eigenvalue weighted by Crippen LogP contribution is 2.27. The standard InChI is InChI=1S/C12H16BrNO2/c1-7-5-6-10(13)8(2)11(7)14-9(3)12(15)16-4/h5-6,9,14H,1-4H3. The molecular weight excluding hydrogens is 270 g/mol. The molecule has 0 radical (unpaired) electrons. The van der Waals surface area contributed by atoms with Crippen LogP contribution in [0.1, 0.15) is 18.1 Å². The second kappa shape index (κ2) is 5.34. The summed E-state index contributed by atoms with van der Waals surface area (Å²) in [6, 6.07) is 3.65. The largest absolute Gasteiger partial charge is 0.467 e. The molecular formula is C12H16BrNO2. The third-order valence-corrected chi connectivity index (χ3v) is 3.38. The minimum absolute atomic E-state index is 0.265. The van der Waals surface area contributed by atoms with E-state index in [1.165, 1.54) is 7.11 Å². The Hall–Kier alpha value is -1.03. The van der Waals surface area contributed by atoms with Crippen molar-refractivity contribution in [3.63, 3.8) is 0 Å². The molecule has 3 nitrogen and oxygen atoms in total. The van der Waals surface area contributed by atoms with Gasteiger partial charge in [0.15, 0.2) is 0 Å². The number of nitrogens with one attached hydrogen (secondary N) is 1. The summed E-state index contributed by atoms with van der Waals surface area (Å²) >= 11 is 3.47. The number of esters is 1. The van der Waals surface area contributed by atoms with Crippen LogP contribution in [0.3, 0.4) is 0 Å². The van der Waals surface area contributed by atoms with E-state index in [0.717, 1.165) is 21.3 Å². The third kappa shape index (κ3) is 2.76. The molecule has 0 aliphatic carbocycles. The molecule has 1 rings (SSSR count). The predicted octanol–water partition coefficient (Wildman–Crippen LogP) is 3.04. The van der Waals surface area contributed by atoms with Crippen molar-refractivity contribution >= 4 is 27.6 Å². The van der Waals surface area contributed by atoms with Gasteiger partial charge in [-0.25, -0.2) is 4.79 Å². The van der Waals surface area contributed by atoms with E-state index in [0.29, 0.717) is 0 Å². The van der Waals surface area contributed by atoms with E-state index in [4.69, 9.17) is 0 Å². The molecule has 4 heteroatoms. The summed E-state index contributed by atoms with van der Waals surface area (Å²) in [5.74, 6) is -0.265. The van der Waals surface area contributed by atoms with Crippen LogP contribution in [0.2, 0.25) is 0 Å². The Labute approximate surface area is 104 Å². The molecule has 0 fully saturated rings. The first-order chi connectivity index (χ1) is 7.47. The summed E-state index contributed by atoms with van der Waals surface area (Å²) in [5.41, 5.74) is 3.18. The molecule has 1 aromatic carbocycles. The van der Waals surface area contributed by atoms with Crippen LogP contribution < -0.4 is 5.32 Å². The summed E-state index contributed by atoms with van der Waals surface area (Å²) in [5, 5.41) is 3.17. The van der Waals surface area contributed by atoms with Gasteiger partial charge >= 0.3 is 5.97 Å². The van der Waals surface area contributed by atoms with Gasteiger partial charge < -0.3 is 10.1 Å². The van der Waals surface area contributed by atoms with Crippen molar-refractivity contribution in [3.05, 3.63) is 27.7 Å². The molecule has 1 unspecified atom stereocenters. The van der Waals surface area contributed by atoms with E-state index in [1.807, 2.05) is 26.0 Å². The van der Waals surface area contributed by atoms with E-state index in [1.54, 1.807) is 6.92 Å². The minimum Gasteiger partial charge on any atom is -0.467 e. The lowest BCUT2D eigenvalue weighted by atomic mass is 10.1. The molecule has 1 aromatic rings. The van der Waals surface area contributed by atoms with Crippen LogP contribution in [0.4, 0.5) is 5.69 Å². The number of halogens is 1. The second-order valence-corrected chi connectivity index (χ2v) is 4.61. The number of methoxy groups -OCH3 is 1. The van der Waals surface area contributed by atoms with Crippen LogP contribution >= 0.6 is 15.9 Å². The molecule has 16 heavy (non-hydrogen) atoms. The van der Waals surface area contributed by atoms with Crippen LogP contribution in [-0.4, -0.2) is 19.1 Å². The lowest BCUT2D eigenvalue weighted by molar-refractivity contribution is -0.141. The number of ether oxygens (including phenoxy) is 1. The molecule has 88 valence electrons. The zero-order valence-corrected chi connectivity index (χ0v) is 11.5. The Bertz CT molecular complexity index is 404. The number of carbonyl (C=O) groups is 1. The van der Waals surface area contributed by atoms with Crippen molar-refractivity contribution < 1.29 is 9.53 Å². The molecule has 0 bridgehead atoms. The zero-order valence-electron chi connectivity index (χ0n) is 9.93. The number of anilines is 1. The number of carbonyl (C=O) groups excluding carboxylic acids is 1. The normalized spacial score (nSPS) is 12.1. The first-order valence-electron chi connectivity index (χ1n) is 5.07. The summed E-state index contributed by atoms with van der Waals surface area (Å²) in [4.78, 5) is 11.3. The Balaban J connectivity index is 2.97. The highest BCUT2D eigenvalue weighted by molar-refractivity contribution is 9.10. The number of hydrogen-bond donors (Lipinski definition) is 1. The summed E-state index contributed by atoms with van der Waals surface area (Å²) in [6.07, 6.45) is 0. The fourth-order valence-corrected chi connectivity index (χ4v) is 1.83. The lowest BCUT2D eigenvalue weighted by Crippen LogP contribution is -2.27. The van der Waals surface area contributed by atoms with Crippen LogP contribution in [0.25, 0.3) is 0 Å². The van der Waals surface area contributed by atoms with Gasteiger partial charge in [-0.3, -0.25) is 0 Å². The van der Waals surface area contributed by atoms with E-state index in [9.17, 15) is 4.79 Å². The maximum atomic E-state index is 11.3. The van der Waals surface area contributed by atoms with Crippen LogP contribution in [-0.2, 0) is 9.53 Å². The molecule has 1 atom stereocenters. The molecule has 1 N–H and O–H groups in total. The first-order valence-corrected chi connectivity index (χ1v) is 5.86. The number of benzene rings is 1. The minimum atomic E-state index is -0.350. The molecule has 0 heterocycles. The first kappa shape index (κ1) is 13.0. The Morgan fingerprint density at radius 2 is 2.06 bits per heavy atom. The summed E-state index contributed by atoms with van der Waals surface area (Å²) in [7, 11) is 1.39. The van der Waals surface area contributed by atoms with Crippen molar-refractivity contribution in [1.82, 2.24) is 0 Å². The maximum absolute atomic E-state index is 11.3. The van der Waals surface area contributed by atoms with Gasteiger partial charge in [0, 0.05) is 10.2 Å². The molecule has 0 saturated carbocycles. The van der Waals surface area contributed by atoms with Crippen molar-refractivity contribution in [2.24, 2.45) is 0 Å². The summed E-state index contributed by atoms with van der Waals surface area (Å²) in [6.45, 7) is 5.79. The topological polar surface area (TPSA) is 38.3 Å². The SMILES string of the molecule is COC(=O)C(C)Nc1c(C)ccc(Br)c1C. The average molecular weight is 286 g/mol. The quantitative estimate of drug-likeness (QED) is 0.868. The lowest BCUT2D eigenvalue weighted by Gasteiger charge is -2.18. The Morgan fingerprint density at radius 1 is 1.44 bits per heavy atom. The Kier molecular flexibility index (Phi) is 4.35. The van der Waals surface area contributed by atoms with Gasteiger partial charge in [-0.15, -0.1) is 0 Å². The molecule has 0 aliphatic rings. The fraction of sp³-hybridized carbons (Fsp3) is 0.417. The van der Waals surface area contributed by atoms with E-state index in [2.05, 4.69) is 26.0 Å². The van der Waals surface area contributed by atoms with E-state index >= 15 is 0 Å². The van der Waals surface area contributed by atoms with Crippen molar-refractivity contribution in [2.45, 2.75) is 26.8 Å². The van der Waals surface area contributed by atoms with Crippen LogP contribution in [0.5, 0.6) is 0 Å². The van der Waals surface area contributed by atoms with Gasteiger partial charge in [-0.1, -0.05) is 22.0 Å². The molecule has 0 aliphatic heterocycles. The van der Waals surface area contributed by atoms with Crippen molar-refractivity contribution in [3.8, 4) is 0 Å². The van der Waals surface area contributed by atoms with Crippen LogP contribution in [0, 0.1) is 13.8 Å². The molecule has 0 aromatic heterocycles. The van der Waals surface area contributed by atoms with Gasteiger partial charge in [0.1, 0.15) is 6.04 Å². The molecule has 0 spiro atoms. The highest BCUT2D eigenvalue weighted by atomic mass is 79.9. The predicted molar refractivity (Wildman–Crippen MR) is 68.7 cm³/mol. The second-order valence-electron chi connectivity index (χ2n) is 3.75. The third-order valence-electron chi connectivity index (χ3n) is 2.52. The fourth-order valence-electron chi connectivity index (χ4n) is 1.50. The molecule has 0 saturated heterocycles. The average Bonchev–Trinajstić information content (AvgIpc) is 2.28. The highest BCUT2D eigenvalue weighted by Gasteiger charge is 2.15. The smallest absolute Gasteiger partial charge is 0.327 e. The monoisotopic (exact) mass is 285 g/mol. The number of rotatable bonds is 3. The van der Waals surface area contributed by atoms with Gasteiger partial charge in [0.25, 0.3) is 0 Å². The van der Waals surface area contributed by atoms with Gasteiger partial charge in [0.2, 0.25) is 0 Å². The van der Waals surface area contributed by atoms with E-state index < -0.39 is 0 Å². The summed E-state index contributed by atoms with van der Waals surface area (Å²) < 4.78 is 5.71. The molecule has 0 amide bonds. The maximum Gasteiger partial charge on any atom is 0.327 e. The van der Waals surface area contributed by atoms with Gasteiger partial charge in [0.05, 0.1) is 7.11 Å². The zero-order chi connectivity index (χ0) is 12.3. The van der Waals surface area contributed by atoms with E-state index in [-0.39, 0.29) is 12.0 Å². The number of hydrogen-bond acceptors (Lipinski definition) is 3. The van der Waals surface area contributed by atoms with Crippen LogP contribution in [0.15, 0.2) is 16.6 Å². The Morgan fingerprint density at radius 3 is 2.62 bits per heavy atom. The van der Waals surface area contributed by atoms with Gasteiger partial charge in [-0.05, 0) is 38.0 Å². The van der Waals surface area contributed by atoms with Gasteiger partial charge in [-0.2, -0.15) is 0 Å². The number of aryl methyl sites for hydroxylation is 1. The van der Waals surface area contributed by atoms with Crippen molar-refractivity contribution in [1.29, 1.82) is 0 Å². The van der Waals surface area contributed by atoms with Crippen molar-refractivity contribution in [2.75, 3.05) is 12.4 Å².